The van der Waals surface area contributed by atoms with Crippen molar-refractivity contribution in [2.75, 3.05) is 20.8 Å². The van der Waals surface area contributed by atoms with Crippen molar-refractivity contribution in [1.29, 1.82) is 0 Å². The van der Waals surface area contributed by atoms with Crippen LogP contribution in [0.4, 0.5) is 0 Å². The van der Waals surface area contributed by atoms with Crippen LogP contribution in [-0.4, -0.2) is 47.1 Å². The molecule has 0 fully saturated rings. The summed E-state index contributed by atoms with van der Waals surface area (Å²) < 4.78 is 20.2. The van der Waals surface area contributed by atoms with Crippen molar-refractivity contribution in [2.45, 2.75) is 37.7 Å². The maximum atomic E-state index is 13.0. The van der Waals surface area contributed by atoms with Gasteiger partial charge in [0.05, 0.1) is 49.3 Å². The highest BCUT2D eigenvalue weighted by Gasteiger charge is 2.27. The zero-order chi connectivity index (χ0) is 28.3. The van der Waals surface area contributed by atoms with E-state index in [1.54, 1.807) is 7.11 Å². The van der Waals surface area contributed by atoms with E-state index in [2.05, 4.69) is 22.6 Å². The number of aryl methyl sites for hydroxylation is 3. The van der Waals surface area contributed by atoms with Crippen LogP contribution in [0.5, 0.6) is 5.75 Å². The Bertz CT molecular complexity index is 1520. The van der Waals surface area contributed by atoms with Gasteiger partial charge in [-0.2, -0.15) is 5.10 Å². The number of carbonyl (C=O) groups excluding carboxylic acids is 2. The number of methoxy groups -OCH3 is 2. The molecule has 4 rings (SSSR count). The standard InChI is InChI=1S/C29H31ClIN3O5/c1-17-25(24(15-31)34(32-17)16-19-8-10-20(37-4)11-9-19)26-23(30)13-12-22-21(7-6-14-39-18(2)35)28(29(36)38-5)33(3)27(22)26/h8-13H,6-7,14-16H2,1-5H3. The van der Waals surface area contributed by atoms with Crippen molar-refractivity contribution in [3.8, 4) is 16.9 Å². The van der Waals surface area contributed by atoms with E-state index in [9.17, 15) is 9.59 Å². The number of alkyl halides is 1. The van der Waals surface area contributed by atoms with Crippen LogP contribution >= 0.6 is 34.2 Å². The summed E-state index contributed by atoms with van der Waals surface area (Å²) in [5.74, 6) is 0.0420. The van der Waals surface area contributed by atoms with Crippen LogP contribution in [0.1, 0.15) is 46.3 Å². The molecule has 0 saturated heterocycles. The second-order valence-electron chi connectivity index (χ2n) is 9.19. The van der Waals surface area contributed by atoms with Gasteiger partial charge in [0.2, 0.25) is 0 Å². The maximum absolute atomic E-state index is 13.0. The molecule has 0 amide bonds. The molecule has 0 radical (unpaired) electrons. The number of benzene rings is 2. The summed E-state index contributed by atoms with van der Waals surface area (Å²) >= 11 is 9.26. The summed E-state index contributed by atoms with van der Waals surface area (Å²) in [4.78, 5) is 24.2. The topological polar surface area (TPSA) is 84.6 Å². The van der Waals surface area contributed by atoms with Gasteiger partial charge in [-0.1, -0.05) is 52.4 Å². The van der Waals surface area contributed by atoms with E-state index in [0.29, 0.717) is 34.5 Å². The van der Waals surface area contributed by atoms with Crippen molar-refractivity contribution >= 4 is 57.0 Å². The normalized spacial score (nSPS) is 11.2. The van der Waals surface area contributed by atoms with Crippen LogP contribution in [0, 0.1) is 6.92 Å². The molecule has 0 saturated carbocycles. The van der Waals surface area contributed by atoms with E-state index in [1.165, 1.54) is 14.0 Å². The van der Waals surface area contributed by atoms with E-state index in [4.69, 9.17) is 30.9 Å². The SMILES string of the molecule is COC(=O)c1c(CCCOC(C)=O)c2ccc(Cl)c(-c3c(C)nn(Cc4ccc(OC)cc4)c3CI)c2n1C. The third-order valence-corrected chi connectivity index (χ3v) is 7.80. The zero-order valence-electron chi connectivity index (χ0n) is 22.6. The van der Waals surface area contributed by atoms with Gasteiger partial charge in [-0.05, 0) is 49.1 Å². The second kappa shape index (κ2) is 12.4. The lowest BCUT2D eigenvalue weighted by Crippen LogP contribution is -2.11. The fourth-order valence-corrected chi connectivity index (χ4v) is 6.06. The molecule has 0 N–H and O–H groups in total. The molecule has 0 spiro atoms. The molecule has 0 bridgehead atoms. The average molecular weight is 664 g/mol. The Morgan fingerprint density at radius 1 is 1.08 bits per heavy atom. The number of rotatable bonds is 10. The molecular formula is C29H31ClIN3O5. The Balaban J connectivity index is 1.87. The average Bonchev–Trinajstić information content (AvgIpc) is 3.38. The van der Waals surface area contributed by atoms with Crippen LogP contribution in [0.25, 0.3) is 22.0 Å². The summed E-state index contributed by atoms with van der Waals surface area (Å²) in [5, 5.41) is 6.38. The van der Waals surface area contributed by atoms with Crippen molar-refractivity contribution in [3.63, 3.8) is 0 Å². The number of halogens is 2. The quantitative estimate of drug-likeness (QED) is 0.0860. The number of nitrogens with zero attached hydrogens (tertiary/aromatic N) is 3. The summed E-state index contributed by atoms with van der Waals surface area (Å²) in [6.07, 6.45) is 1.10. The zero-order valence-corrected chi connectivity index (χ0v) is 25.6. The molecule has 0 aliphatic rings. The van der Waals surface area contributed by atoms with E-state index < -0.39 is 5.97 Å². The van der Waals surface area contributed by atoms with Gasteiger partial charge in [-0.15, -0.1) is 0 Å². The number of ether oxygens (including phenoxy) is 3. The molecule has 10 heteroatoms. The summed E-state index contributed by atoms with van der Waals surface area (Å²) in [7, 11) is 4.88. The molecule has 8 nitrogen and oxygen atoms in total. The van der Waals surface area contributed by atoms with E-state index in [1.807, 2.05) is 59.6 Å². The van der Waals surface area contributed by atoms with E-state index in [-0.39, 0.29) is 12.6 Å². The molecule has 0 aliphatic carbocycles. The van der Waals surface area contributed by atoms with E-state index in [0.717, 1.165) is 50.3 Å². The molecule has 4 aromatic rings. The van der Waals surface area contributed by atoms with Gasteiger partial charge in [0.25, 0.3) is 0 Å². The van der Waals surface area contributed by atoms with E-state index >= 15 is 0 Å². The highest BCUT2D eigenvalue weighted by molar-refractivity contribution is 14.1. The first-order chi connectivity index (χ1) is 18.7. The second-order valence-corrected chi connectivity index (χ2v) is 10.4. The van der Waals surface area contributed by atoms with Gasteiger partial charge in [0.15, 0.2) is 0 Å². The van der Waals surface area contributed by atoms with Crippen LogP contribution in [0.3, 0.4) is 0 Å². The lowest BCUT2D eigenvalue weighted by molar-refractivity contribution is -0.141. The summed E-state index contributed by atoms with van der Waals surface area (Å²) in [6.45, 7) is 4.23. The Labute approximate surface area is 246 Å². The predicted octanol–water partition coefficient (Wildman–Crippen LogP) is 6.28. The van der Waals surface area contributed by atoms with Gasteiger partial charge in [-0.3, -0.25) is 9.48 Å². The molecule has 0 aliphatic heterocycles. The Kier molecular flexibility index (Phi) is 9.22. The minimum atomic E-state index is -0.431. The number of hydrogen-bond donors (Lipinski definition) is 0. The van der Waals surface area contributed by atoms with Gasteiger partial charge in [0.1, 0.15) is 11.4 Å². The first kappa shape index (κ1) is 28.9. The predicted molar refractivity (Wildman–Crippen MR) is 160 cm³/mol. The number of hydrogen-bond acceptors (Lipinski definition) is 6. The van der Waals surface area contributed by atoms with Crippen LogP contribution < -0.4 is 4.74 Å². The first-order valence-corrected chi connectivity index (χ1v) is 14.4. The largest absolute Gasteiger partial charge is 0.497 e. The lowest BCUT2D eigenvalue weighted by Gasteiger charge is -2.12. The highest BCUT2D eigenvalue weighted by atomic mass is 127. The lowest BCUT2D eigenvalue weighted by atomic mass is 9.98. The molecule has 2 aromatic carbocycles. The molecule has 2 aromatic heterocycles. The summed E-state index contributed by atoms with van der Waals surface area (Å²) in [5.41, 5.74) is 6.90. The molecule has 206 valence electrons. The fraction of sp³-hybridized carbons (Fsp3) is 0.345. The first-order valence-electron chi connectivity index (χ1n) is 12.5. The van der Waals surface area contributed by atoms with Crippen LogP contribution in [-0.2, 0) is 38.7 Å². The van der Waals surface area contributed by atoms with Gasteiger partial charge in [-0.25, -0.2) is 4.79 Å². The Hall–Kier alpha value is -3.05. The number of esters is 2. The van der Waals surface area contributed by atoms with Crippen molar-refractivity contribution in [3.05, 3.63) is 69.6 Å². The van der Waals surface area contributed by atoms with Gasteiger partial charge in [0, 0.05) is 34.9 Å². The van der Waals surface area contributed by atoms with Gasteiger partial charge < -0.3 is 18.8 Å². The Morgan fingerprint density at radius 2 is 1.79 bits per heavy atom. The monoisotopic (exact) mass is 663 g/mol. The molecule has 0 unspecified atom stereocenters. The smallest absolute Gasteiger partial charge is 0.354 e. The Morgan fingerprint density at radius 3 is 2.41 bits per heavy atom. The highest BCUT2D eigenvalue weighted by Crippen LogP contribution is 2.42. The molecule has 39 heavy (non-hydrogen) atoms. The number of carbonyl (C=O) groups is 2. The maximum Gasteiger partial charge on any atom is 0.354 e. The minimum absolute atomic E-state index is 0.267. The van der Waals surface area contributed by atoms with Crippen LogP contribution in [0.2, 0.25) is 5.02 Å². The van der Waals surface area contributed by atoms with Crippen molar-refractivity contribution in [1.82, 2.24) is 14.3 Å². The molecular weight excluding hydrogens is 633 g/mol. The van der Waals surface area contributed by atoms with Gasteiger partial charge >= 0.3 is 11.9 Å². The number of aromatic nitrogens is 3. The summed E-state index contributed by atoms with van der Waals surface area (Å²) in [6, 6.07) is 11.7. The molecule has 0 atom stereocenters. The van der Waals surface area contributed by atoms with Crippen LogP contribution in [0.15, 0.2) is 36.4 Å². The molecule has 2 heterocycles. The van der Waals surface area contributed by atoms with Crippen molar-refractivity contribution in [2.24, 2.45) is 7.05 Å². The third kappa shape index (κ3) is 5.79. The fourth-order valence-electron chi connectivity index (χ4n) is 5.04. The van der Waals surface area contributed by atoms with Crippen molar-refractivity contribution < 1.29 is 23.8 Å². The minimum Gasteiger partial charge on any atom is -0.497 e. The third-order valence-electron chi connectivity index (χ3n) is 6.76. The number of fused-ring (bicyclic) bond motifs is 1.